The summed E-state index contributed by atoms with van der Waals surface area (Å²) in [5.41, 5.74) is -0.613. The minimum atomic E-state index is -4.32. The van der Waals surface area contributed by atoms with Crippen LogP contribution in [-0.2, 0) is 4.79 Å². The van der Waals surface area contributed by atoms with Crippen molar-refractivity contribution in [1.29, 1.82) is 0 Å². The lowest BCUT2D eigenvalue weighted by Crippen LogP contribution is -2.13. The van der Waals surface area contributed by atoms with Crippen molar-refractivity contribution < 1.29 is 18.0 Å². The molecular formula is C8H6F3NO. The van der Waals surface area contributed by atoms with Crippen LogP contribution in [0.5, 0.6) is 0 Å². The Balaban J connectivity index is 2.91. The molecule has 0 saturated carbocycles. The first-order chi connectivity index (χ1) is 6.04. The zero-order valence-corrected chi connectivity index (χ0v) is 6.56. The molecule has 0 radical (unpaired) electrons. The maximum absolute atomic E-state index is 12.1. The molecular weight excluding hydrogens is 183 g/mol. The molecule has 0 aromatic rings. The van der Waals surface area contributed by atoms with Crippen LogP contribution in [0.3, 0.4) is 0 Å². The van der Waals surface area contributed by atoms with E-state index in [1.165, 1.54) is 12.2 Å². The van der Waals surface area contributed by atoms with Crippen molar-refractivity contribution in [2.24, 2.45) is 4.99 Å². The number of carbonyl (C=O) groups excluding carboxylic acids is 1. The molecule has 70 valence electrons. The Labute approximate surface area is 72.5 Å². The number of hydrogen-bond acceptors (Lipinski definition) is 2. The molecule has 0 aromatic heterocycles. The van der Waals surface area contributed by atoms with E-state index in [1.54, 1.807) is 0 Å². The molecule has 5 heteroatoms. The second-order valence-electron chi connectivity index (χ2n) is 2.54. The Kier molecular flexibility index (Phi) is 2.68. The highest BCUT2D eigenvalue weighted by Crippen LogP contribution is 2.32. The highest BCUT2D eigenvalue weighted by Gasteiger charge is 2.33. The number of nitrogens with zero attached hydrogens (tertiary/aromatic N) is 1. The molecule has 2 nitrogen and oxygen atoms in total. The van der Waals surface area contributed by atoms with Crippen molar-refractivity contribution in [2.75, 3.05) is 0 Å². The van der Waals surface area contributed by atoms with E-state index >= 15 is 0 Å². The van der Waals surface area contributed by atoms with Gasteiger partial charge in [-0.1, -0.05) is 6.08 Å². The van der Waals surface area contributed by atoms with Crippen molar-refractivity contribution in [3.8, 4) is 0 Å². The van der Waals surface area contributed by atoms with Crippen molar-refractivity contribution in [3.05, 3.63) is 23.4 Å². The van der Waals surface area contributed by atoms with Gasteiger partial charge >= 0.3 is 6.18 Å². The van der Waals surface area contributed by atoms with Crippen molar-refractivity contribution in [1.82, 2.24) is 0 Å². The number of aliphatic imine (C=N–C) groups is 1. The van der Waals surface area contributed by atoms with Gasteiger partial charge in [0, 0.05) is 5.57 Å². The lowest BCUT2D eigenvalue weighted by Gasteiger charge is -2.13. The third-order valence-corrected chi connectivity index (χ3v) is 1.63. The molecule has 0 heterocycles. The van der Waals surface area contributed by atoms with Crippen LogP contribution in [-0.4, -0.2) is 12.3 Å². The van der Waals surface area contributed by atoms with Crippen LogP contribution in [0.25, 0.3) is 0 Å². The number of alkyl halides is 3. The van der Waals surface area contributed by atoms with E-state index in [9.17, 15) is 18.0 Å². The summed E-state index contributed by atoms with van der Waals surface area (Å²) >= 11 is 0. The van der Waals surface area contributed by atoms with Gasteiger partial charge in [0.15, 0.2) is 0 Å². The van der Waals surface area contributed by atoms with E-state index in [0.29, 0.717) is 0 Å². The minimum Gasteiger partial charge on any atom is -0.211 e. The molecule has 0 saturated heterocycles. The fourth-order valence-corrected chi connectivity index (χ4v) is 1.04. The van der Waals surface area contributed by atoms with E-state index in [2.05, 4.69) is 4.99 Å². The normalized spacial score (nSPS) is 17.2. The summed E-state index contributed by atoms with van der Waals surface area (Å²) in [5, 5.41) is 0. The summed E-state index contributed by atoms with van der Waals surface area (Å²) in [7, 11) is 0. The molecule has 13 heavy (non-hydrogen) atoms. The van der Waals surface area contributed by atoms with Crippen molar-refractivity contribution in [3.63, 3.8) is 0 Å². The quantitative estimate of drug-likeness (QED) is 0.460. The monoisotopic (exact) mass is 189 g/mol. The van der Waals surface area contributed by atoms with Crippen LogP contribution in [0.4, 0.5) is 13.2 Å². The van der Waals surface area contributed by atoms with Gasteiger partial charge in [0.2, 0.25) is 6.08 Å². The third kappa shape index (κ3) is 2.56. The van der Waals surface area contributed by atoms with Crippen LogP contribution in [0.15, 0.2) is 28.4 Å². The Bertz CT molecular complexity index is 308. The van der Waals surface area contributed by atoms with Crippen molar-refractivity contribution in [2.45, 2.75) is 19.0 Å². The van der Waals surface area contributed by atoms with E-state index in [4.69, 9.17) is 0 Å². The van der Waals surface area contributed by atoms with Gasteiger partial charge in [-0.25, -0.2) is 4.79 Å². The average Bonchev–Trinajstić information content (AvgIpc) is 2.04. The van der Waals surface area contributed by atoms with Gasteiger partial charge in [0.25, 0.3) is 0 Å². The van der Waals surface area contributed by atoms with Gasteiger partial charge in [-0.3, -0.25) is 0 Å². The molecule has 0 atom stereocenters. The molecule has 0 bridgehead atoms. The van der Waals surface area contributed by atoms with Gasteiger partial charge < -0.3 is 0 Å². The summed E-state index contributed by atoms with van der Waals surface area (Å²) in [4.78, 5) is 12.9. The van der Waals surface area contributed by atoms with E-state index in [-0.39, 0.29) is 18.5 Å². The second-order valence-corrected chi connectivity index (χ2v) is 2.54. The number of rotatable bonds is 1. The Morgan fingerprint density at radius 3 is 2.69 bits per heavy atom. The highest BCUT2D eigenvalue weighted by atomic mass is 19.4. The molecule has 1 aliphatic carbocycles. The second kappa shape index (κ2) is 3.58. The topological polar surface area (TPSA) is 29.4 Å². The standard InChI is InChI=1S/C8H6F3NO/c9-8(10,11)6-2-1-3-7(4-6)12-5-13/h3-4H,1-2H2. The van der Waals surface area contributed by atoms with Crippen LogP contribution in [0.2, 0.25) is 0 Å². The van der Waals surface area contributed by atoms with Gasteiger partial charge in [0.1, 0.15) is 0 Å². The molecule has 0 amide bonds. The van der Waals surface area contributed by atoms with Gasteiger partial charge in [-0.05, 0) is 18.9 Å². The number of allylic oxidation sites excluding steroid dienone is 3. The zero-order chi connectivity index (χ0) is 9.90. The maximum Gasteiger partial charge on any atom is 0.412 e. The fourth-order valence-electron chi connectivity index (χ4n) is 1.04. The van der Waals surface area contributed by atoms with Crippen LogP contribution in [0, 0.1) is 0 Å². The van der Waals surface area contributed by atoms with Crippen LogP contribution >= 0.6 is 0 Å². The minimum absolute atomic E-state index is 0.0357. The van der Waals surface area contributed by atoms with Gasteiger partial charge in [-0.2, -0.15) is 18.2 Å². The maximum atomic E-state index is 12.1. The molecule has 0 fully saturated rings. The van der Waals surface area contributed by atoms with Gasteiger partial charge in [0.05, 0.1) is 5.70 Å². The summed E-state index contributed by atoms with van der Waals surface area (Å²) in [6, 6.07) is 0. The number of hydrogen-bond donors (Lipinski definition) is 0. The lowest BCUT2D eigenvalue weighted by atomic mass is 10.0. The van der Waals surface area contributed by atoms with E-state index in [1.807, 2.05) is 0 Å². The summed E-state index contributed by atoms with van der Waals surface area (Å²) in [6.45, 7) is 0. The SMILES string of the molecule is O=C=NC1=CCCC(C(F)(F)F)=C1. The van der Waals surface area contributed by atoms with Crippen molar-refractivity contribution >= 4 is 6.08 Å². The van der Waals surface area contributed by atoms with E-state index < -0.39 is 11.7 Å². The molecule has 0 spiro atoms. The van der Waals surface area contributed by atoms with Gasteiger partial charge in [-0.15, -0.1) is 0 Å². The number of isocyanates is 1. The molecule has 1 rings (SSSR count). The highest BCUT2D eigenvalue weighted by molar-refractivity contribution is 5.41. The van der Waals surface area contributed by atoms with Crippen LogP contribution in [0.1, 0.15) is 12.8 Å². The first-order valence-electron chi connectivity index (χ1n) is 3.60. The molecule has 0 aromatic carbocycles. The summed E-state index contributed by atoms with van der Waals surface area (Å²) in [6.07, 6.45) is -0.574. The lowest BCUT2D eigenvalue weighted by molar-refractivity contribution is -0.0941. The number of halogens is 3. The Morgan fingerprint density at radius 1 is 1.46 bits per heavy atom. The van der Waals surface area contributed by atoms with E-state index in [0.717, 1.165) is 6.08 Å². The average molecular weight is 189 g/mol. The predicted molar refractivity (Wildman–Crippen MR) is 39.6 cm³/mol. The Hall–Kier alpha value is -1.35. The third-order valence-electron chi connectivity index (χ3n) is 1.63. The largest absolute Gasteiger partial charge is 0.412 e. The molecule has 1 aliphatic rings. The fraction of sp³-hybridized carbons (Fsp3) is 0.375. The summed E-state index contributed by atoms with van der Waals surface area (Å²) < 4.78 is 36.4. The molecule has 0 N–H and O–H groups in total. The Morgan fingerprint density at radius 2 is 2.15 bits per heavy atom. The molecule has 0 aliphatic heterocycles. The molecule has 0 unspecified atom stereocenters. The van der Waals surface area contributed by atoms with Crippen LogP contribution < -0.4 is 0 Å². The first kappa shape index (κ1) is 9.74. The summed E-state index contributed by atoms with van der Waals surface area (Å²) in [5.74, 6) is 0. The smallest absolute Gasteiger partial charge is 0.211 e. The predicted octanol–water partition coefficient (Wildman–Crippen LogP) is 2.49. The first-order valence-corrected chi connectivity index (χ1v) is 3.60. The zero-order valence-electron chi connectivity index (χ0n) is 6.56.